The van der Waals surface area contributed by atoms with Crippen molar-refractivity contribution in [1.29, 1.82) is 0 Å². The Kier molecular flexibility index (Phi) is 7.67. The lowest BCUT2D eigenvalue weighted by Crippen LogP contribution is -2.43. The van der Waals surface area contributed by atoms with Crippen molar-refractivity contribution in [3.63, 3.8) is 0 Å². The summed E-state index contributed by atoms with van der Waals surface area (Å²) in [6, 6.07) is 4.42. The number of carbonyl (C=O) groups is 2. The summed E-state index contributed by atoms with van der Waals surface area (Å²) in [6.07, 6.45) is 3.63. The lowest BCUT2D eigenvalue weighted by Gasteiger charge is -2.22. The molecule has 1 atom stereocenters. The molecule has 0 saturated carbocycles. The zero-order valence-electron chi connectivity index (χ0n) is 15.6. The summed E-state index contributed by atoms with van der Waals surface area (Å²) < 4.78 is 11.1. The molecule has 0 radical (unpaired) electrons. The fourth-order valence-electron chi connectivity index (χ4n) is 2.71. The van der Waals surface area contributed by atoms with Gasteiger partial charge in [-0.2, -0.15) is 0 Å². The van der Waals surface area contributed by atoms with Crippen LogP contribution in [0.3, 0.4) is 0 Å². The maximum absolute atomic E-state index is 12.8. The number of nitrogens with zero attached hydrogens (tertiary/aromatic N) is 1. The van der Waals surface area contributed by atoms with E-state index >= 15 is 0 Å². The number of methoxy groups -OCH3 is 1. The largest absolute Gasteiger partial charge is 0.493 e. The Bertz CT molecular complexity index is 762. The summed E-state index contributed by atoms with van der Waals surface area (Å²) in [5, 5.41) is 9.51. The first-order valence-electron chi connectivity index (χ1n) is 8.73. The molecule has 1 heterocycles. The van der Waals surface area contributed by atoms with E-state index in [9.17, 15) is 14.7 Å². The summed E-state index contributed by atoms with van der Waals surface area (Å²) >= 11 is 6.40. The summed E-state index contributed by atoms with van der Waals surface area (Å²) in [5.74, 6) is -0.229. The summed E-state index contributed by atoms with van der Waals surface area (Å²) in [6.45, 7) is 4.38. The molecule has 1 aromatic rings. The van der Waals surface area contributed by atoms with Gasteiger partial charge in [-0.05, 0) is 37.1 Å². The molecule has 1 aliphatic heterocycles. The van der Waals surface area contributed by atoms with Crippen molar-refractivity contribution in [3.05, 3.63) is 28.7 Å². The van der Waals surface area contributed by atoms with Crippen LogP contribution in [0.15, 0.2) is 23.1 Å². The molecule has 1 N–H and O–H groups in total. The second-order valence-corrected chi connectivity index (χ2v) is 7.57. The van der Waals surface area contributed by atoms with Crippen molar-refractivity contribution in [1.82, 2.24) is 4.90 Å². The van der Waals surface area contributed by atoms with E-state index in [1.54, 1.807) is 25.3 Å². The van der Waals surface area contributed by atoms with E-state index in [4.69, 9.17) is 21.7 Å². The van der Waals surface area contributed by atoms with Gasteiger partial charge in [0.25, 0.3) is 5.91 Å². The number of carbonyl (C=O) groups excluding carboxylic acids is 1. The van der Waals surface area contributed by atoms with Crippen molar-refractivity contribution in [2.45, 2.75) is 39.2 Å². The quantitative estimate of drug-likeness (QED) is 0.489. The molecule has 1 unspecified atom stereocenters. The lowest BCUT2D eigenvalue weighted by atomic mass is 10.1. The Morgan fingerprint density at radius 3 is 2.70 bits per heavy atom. The average molecular weight is 410 g/mol. The second-order valence-electron chi connectivity index (χ2n) is 5.89. The third-order valence-electron chi connectivity index (χ3n) is 4.04. The number of aliphatic carboxylic acids is 1. The minimum absolute atomic E-state index is 0.271. The predicted molar refractivity (Wildman–Crippen MR) is 110 cm³/mol. The van der Waals surface area contributed by atoms with Crippen LogP contribution >= 0.6 is 24.0 Å². The number of amides is 1. The van der Waals surface area contributed by atoms with Crippen molar-refractivity contribution in [3.8, 4) is 11.5 Å². The smallest absolute Gasteiger partial charge is 0.326 e. The topological polar surface area (TPSA) is 76.1 Å². The van der Waals surface area contributed by atoms with Crippen LogP contribution in [0.1, 0.15) is 38.7 Å². The summed E-state index contributed by atoms with van der Waals surface area (Å²) in [5.41, 5.74) is 0.747. The highest BCUT2D eigenvalue weighted by Crippen LogP contribution is 2.36. The number of carboxylic acid groups (broad SMARTS) is 1. The molecule has 1 aromatic carbocycles. The monoisotopic (exact) mass is 409 g/mol. The molecule has 1 amide bonds. The van der Waals surface area contributed by atoms with E-state index in [1.165, 1.54) is 4.90 Å². The van der Waals surface area contributed by atoms with Gasteiger partial charge in [-0.15, -0.1) is 0 Å². The summed E-state index contributed by atoms with van der Waals surface area (Å²) in [7, 11) is 1.55. The Morgan fingerprint density at radius 2 is 2.11 bits per heavy atom. The van der Waals surface area contributed by atoms with Crippen molar-refractivity contribution in [2.75, 3.05) is 13.7 Å². The number of ether oxygens (including phenoxy) is 2. The number of thioether (sulfide) groups is 1. The number of unbranched alkanes of at least 4 members (excludes halogenated alkanes) is 1. The van der Waals surface area contributed by atoms with Gasteiger partial charge in [0.1, 0.15) is 10.4 Å². The zero-order chi connectivity index (χ0) is 20.0. The van der Waals surface area contributed by atoms with Crippen molar-refractivity contribution in [2.24, 2.45) is 0 Å². The molecule has 27 heavy (non-hydrogen) atoms. The number of carboxylic acids is 1. The number of rotatable bonds is 9. The third kappa shape index (κ3) is 5.01. The molecule has 0 aromatic heterocycles. The van der Waals surface area contributed by atoms with Crippen LogP contribution in [0.25, 0.3) is 6.08 Å². The molecule has 0 spiro atoms. The van der Waals surface area contributed by atoms with Gasteiger partial charge in [-0.1, -0.05) is 49.8 Å². The van der Waals surface area contributed by atoms with Crippen molar-refractivity contribution < 1.29 is 24.2 Å². The van der Waals surface area contributed by atoms with E-state index in [-0.39, 0.29) is 10.2 Å². The SMILES string of the molecule is CCCCC(C(=O)O)N1C(=O)C(=Cc2ccc(OCC)c(OC)c2)SC1=S. The van der Waals surface area contributed by atoms with Gasteiger partial charge < -0.3 is 14.6 Å². The molecule has 2 rings (SSSR count). The highest BCUT2D eigenvalue weighted by molar-refractivity contribution is 8.26. The molecular formula is C19H23NO5S2. The predicted octanol–water partition coefficient (Wildman–Crippen LogP) is 3.94. The van der Waals surface area contributed by atoms with E-state index in [1.807, 2.05) is 19.9 Å². The Labute approximate surface area is 168 Å². The third-order valence-corrected chi connectivity index (χ3v) is 5.37. The van der Waals surface area contributed by atoms with Crippen LogP contribution in [-0.2, 0) is 9.59 Å². The molecule has 8 heteroatoms. The Hall–Kier alpha value is -2.06. The molecule has 1 fully saturated rings. The summed E-state index contributed by atoms with van der Waals surface area (Å²) in [4.78, 5) is 26.0. The van der Waals surface area contributed by atoms with Gasteiger partial charge in [0.2, 0.25) is 0 Å². The normalized spacial score (nSPS) is 16.7. The maximum atomic E-state index is 12.8. The van der Waals surface area contributed by atoms with Crippen molar-refractivity contribution >= 4 is 46.3 Å². The van der Waals surface area contributed by atoms with E-state index < -0.39 is 12.0 Å². The molecule has 1 aliphatic rings. The van der Waals surface area contributed by atoms with Crippen LogP contribution in [0.2, 0.25) is 0 Å². The standard InChI is InChI=1S/C19H23NO5S2/c1-4-6-7-13(18(22)23)20-17(21)16(27-19(20)26)11-12-8-9-14(25-5-2)15(10-12)24-3/h8-11,13H,4-7H2,1-3H3,(H,22,23). The molecule has 0 aliphatic carbocycles. The van der Waals surface area contributed by atoms with Crippen LogP contribution < -0.4 is 9.47 Å². The van der Waals surface area contributed by atoms with Gasteiger partial charge in [0, 0.05) is 0 Å². The first-order valence-corrected chi connectivity index (χ1v) is 9.96. The molecule has 1 saturated heterocycles. The van der Waals surface area contributed by atoms with Gasteiger partial charge in [-0.25, -0.2) is 4.79 Å². The molecular weight excluding hydrogens is 386 g/mol. The van der Waals surface area contributed by atoms with Gasteiger partial charge in [0.15, 0.2) is 11.5 Å². The minimum Gasteiger partial charge on any atom is -0.493 e. The van der Waals surface area contributed by atoms with Crippen LogP contribution in [0, 0.1) is 0 Å². The van der Waals surface area contributed by atoms with E-state index in [2.05, 4.69) is 0 Å². The first kappa shape index (κ1) is 21.2. The second kappa shape index (κ2) is 9.75. The van der Waals surface area contributed by atoms with Gasteiger partial charge in [-0.3, -0.25) is 9.69 Å². The Morgan fingerprint density at radius 1 is 1.37 bits per heavy atom. The van der Waals surface area contributed by atoms with Crippen LogP contribution in [0.5, 0.6) is 11.5 Å². The first-order chi connectivity index (χ1) is 12.9. The Balaban J connectivity index is 2.28. The average Bonchev–Trinajstić information content (AvgIpc) is 2.91. The highest BCUT2D eigenvalue weighted by atomic mass is 32.2. The van der Waals surface area contributed by atoms with Gasteiger partial charge >= 0.3 is 5.97 Å². The van der Waals surface area contributed by atoms with Gasteiger partial charge in [0.05, 0.1) is 18.6 Å². The number of hydrogen-bond acceptors (Lipinski definition) is 6. The van der Waals surface area contributed by atoms with E-state index in [0.29, 0.717) is 35.9 Å². The molecule has 146 valence electrons. The fourth-order valence-corrected chi connectivity index (χ4v) is 4.07. The highest BCUT2D eigenvalue weighted by Gasteiger charge is 2.40. The number of benzene rings is 1. The maximum Gasteiger partial charge on any atom is 0.326 e. The molecule has 6 nitrogen and oxygen atoms in total. The number of hydrogen-bond donors (Lipinski definition) is 1. The van der Waals surface area contributed by atoms with Crippen LogP contribution in [-0.4, -0.2) is 46.0 Å². The van der Waals surface area contributed by atoms with E-state index in [0.717, 1.165) is 23.7 Å². The number of thiocarbonyl (C=S) groups is 1. The fraction of sp³-hybridized carbons (Fsp3) is 0.421. The van der Waals surface area contributed by atoms with Crippen LogP contribution in [0.4, 0.5) is 0 Å². The molecule has 0 bridgehead atoms. The lowest BCUT2D eigenvalue weighted by molar-refractivity contribution is -0.145. The zero-order valence-corrected chi connectivity index (χ0v) is 17.2. The minimum atomic E-state index is -1.04.